The molecule has 1 aromatic heterocycles. The van der Waals surface area contributed by atoms with Crippen molar-refractivity contribution < 1.29 is 19.5 Å². The van der Waals surface area contributed by atoms with Gasteiger partial charge in [0.1, 0.15) is 4.88 Å². The quantitative estimate of drug-likeness (QED) is 0.663. The summed E-state index contributed by atoms with van der Waals surface area (Å²) in [5, 5.41) is 14.0. The van der Waals surface area contributed by atoms with Gasteiger partial charge in [-0.3, -0.25) is 9.59 Å². The molecule has 0 aliphatic rings. The van der Waals surface area contributed by atoms with Gasteiger partial charge in [0.15, 0.2) is 0 Å². The first kappa shape index (κ1) is 14.2. The number of carboxylic acid groups (broad SMARTS) is 1. The Hall–Kier alpha value is -1.89. The molecule has 0 spiro atoms. The van der Waals surface area contributed by atoms with E-state index in [0.717, 1.165) is 11.3 Å². The van der Waals surface area contributed by atoms with Crippen molar-refractivity contribution in [1.29, 1.82) is 0 Å². The van der Waals surface area contributed by atoms with E-state index in [2.05, 4.69) is 10.6 Å². The second kappa shape index (κ2) is 6.75. The number of hydrogen-bond donors (Lipinski definition) is 3. The number of hydrogen-bond acceptors (Lipinski definition) is 4. The third kappa shape index (κ3) is 4.54. The maximum atomic E-state index is 11.6. The second-order valence-corrected chi connectivity index (χ2v) is 4.65. The van der Waals surface area contributed by atoms with E-state index in [1.54, 1.807) is 0 Å². The van der Waals surface area contributed by atoms with Crippen LogP contribution in [0.1, 0.15) is 32.7 Å². The Labute approximate surface area is 108 Å². The Morgan fingerprint density at radius 3 is 2.33 bits per heavy atom. The number of carbonyl (C=O) groups excluding carboxylic acids is 2. The number of carboxylic acids is 1. The van der Waals surface area contributed by atoms with Crippen LogP contribution >= 0.6 is 11.3 Å². The lowest BCUT2D eigenvalue weighted by atomic mass is 10.3. The molecular weight excluding hydrogens is 256 g/mol. The van der Waals surface area contributed by atoms with Gasteiger partial charge in [0, 0.05) is 20.0 Å². The molecule has 7 heteroatoms. The zero-order chi connectivity index (χ0) is 13.5. The van der Waals surface area contributed by atoms with Crippen LogP contribution in [0.3, 0.4) is 0 Å². The van der Waals surface area contributed by atoms with Crippen molar-refractivity contribution in [3.8, 4) is 0 Å². The molecule has 0 saturated carbocycles. The van der Waals surface area contributed by atoms with Crippen LogP contribution in [0, 0.1) is 0 Å². The predicted octanol–water partition coefficient (Wildman–Crippen LogP) is 0.702. The van der Waals surface area contributed by atoms with Crippen molar-refractivity contribution >= 4 is 29.1 Å². The van der Waals surface area contributed by atoms with E-state index in [4.69, 9.17) is 5.11 Å². The first-order chi connectivity index (χ1) is 8.50. The normalized spacial score (nSPS) is 9.83. The lowest BCUT2D eigenvalue weighted by molar-refractivity contribution is -0.118. The average Bonchev–Trinajstić information content (AvgIpc) is 2.77. The molecule has 0 aliphatic carbocycles. The van der Waals surface area contributed by atoms with E-state index >= 15 is 0 Å². The van der Waals surface area contributed by atoms with Crippen LogP contribution < -0.4 is 10.6 Å². The van der Waals surface area contributed by atoms with Crippen LogP contribution in [0.4, 0.5) is 0 Å². The summed E-state index contributed by atoms with van der Waals surface area (Å²) in [6, 6.07) is 2.89. The maximum absolute atomic E-state index is 11.6. The van der Waals surface area contributed by atoms with E-state index in [9.17, 15) is 14.4 Å². The van der Waals surface area contributed by atoms with Gasteiger partial charge in [-0.2, -0.15) is 0 Å². The van der Waals surface area contributed by atoms with Gasteiger partial charge in [0.05, 0.1) is 4.88 Å². The number of rotatable bonds is 6. The Kier molecular flexibility index (Phi) is 5.31. The summed E-state index contributed by atoms with van der Waals surface area (Å²) < 4.78 is 0. The second-order valence-electron chi connectivity index (χ2n) is 3.56. The van der Waals surface area contributed by atoms with Crippen molar-refractivity contribution in [3.63, 3.8) is 0 Å². The summed E-state index contributed by atoms with van der Waals surface area (Å²) in [4.78, 5) is 33.3. The molecule has 0 unspecified atom stereocenters. The van der Waals surface area contributed by atoms with Crippen molar-refractivity contribution in [3.05, 3.63) is 21.9 Å². The minimum absolute atomic E-state index is 0.106. The Bertz CT molecular complexity index is 456. The number of thiophene rings is 1. The molecule has 0 bridgehead atoms. The lowest BCUT2D eigenvalue weighted by Crippen LogP contribution is -2.28. The number of amides is 2. The maximum Gasteiger partial charge on any atom is 0.345 e. The van der Waals surface area contributed by atoms with Gasteiger partial charge in [0.25, 0.3) is 5.91 Å². The highest BCUT2D eigenvalue weighted by Gasteiger charge is 2.12. The van der Waals surface area contributed by atoms with Gasteiger partial charge in [-0.05, 0) is 18.6 Å². The van der Waals surface area contributed by atoms with Crippen LogP contribution in [0.15, 0.2) is 12.1 Å². The van der Waals surface area contributed by atoms with E-state index in [-0.39, 0.29) is 16.7 Å². The van der Waals surface area contributed by atoms with Gasteiger partial charge in [0.2, 0.25) is 5.91 Å². The fourth-order valence-corrected chi connectivity index (χ4v) is 1.98. The summed E-state index contributed by atoms with van der Waals surface area (Å²) in [6.45, 7) is 2.36. The largest absolute Gasteiger partial charge is 0.477 e. The lowest BCUT2D eigenvalue weighted by Gasteiger charge is -2.03. The molecule has 1 heterocycles. The summed E-state index contributed by atoms with van der Waals surface area (Å²) >= 11 is 0.936. The Morgan fingerprint density at radius 2 is 1.78 bits per heavy atom. The predicted molar refractivity (Wildman–Crippen MR) is 66.9 cm³/mol. The molecular formula is C11H14N2O4S. The highest BCUT2D eigenvalue weighted by Crippen LogP contribution is 2.15. The molecule has 3 N–H and O–H groups in total. The molecule has 2 amide bonds. The number of nitrogens with one attached hydrogen (secondary N) is 2. The first-order valence-corrected chi connectivity index (χ1v) is 6.18. The molecule has 0 aromatic carbocycles. The highest BCUT2D eigenvalue weighted by molar-refractivity contribution is 7.15. The minimum Gasteiger partial charge on any atom is -0.477 e. The van der Waals surface area contributed by atoms with Crippen molar-refractivity contribution in [2.75, 3.05) is 13.1 Å². The number of aromatic carboxylic acids is 1. The fourth-order valence-electron chi connectivity index (χ4n) is 1.22. The summed E-state index contributed by atoms with van der Waals surface area (Å²) in [5.74, 6) is -1.44. The van der Waals surface area contributed by atoms with E-state index < -0.39 is 5.97 Å². The van der Waals surface area contributed by atoms with Crippen LogP contribution in [0.2, 0.25) is 0 Å². The Balaban J connectivity index is 2.32. The molecule has 18 heavy (non-hydrogen) atoms. The topological polar surface area (TPSA) is 95.5 Å². The summed E-state index contributed by atoms with van der Waals surface area (Å²) in [7, 11) is 0. The standard InChI is InChI=1S/C11H14N2O4S/c1-7(14)12-5-2-6-13-10(15)8-3-4-9(18-8)11(16)17/h3-4H,2,5-6H2,1H3,(H,12,14)(H,13,15)(H,16,17). The van der Waals surface area contributed by atoms with Crippen LogP contribution in [-0.2, 0) is 4.79 Å². The SMILES string of the molecule is CC(=O)NCCCNC(=O)c1ccc(C(=O)O)s1. The molecule has 1 rings (SSSR count). The molecule has 0 fully saturated rings. The smallest absolute Gasteiger partial charge is 0.345 e. The molecule has 0 atom stereocenters. The first-order valence-electron chi connectivity index (χ1n) is 5.36. The van der Waals surface area contributed by atoms with Crippen molar-refractivity contribution in [2.45, 2.75) is 13.3 Å². The fraction of sp³-hybridized carbons (Fsp3) is 0.364. The third-order valence-electron chi connectivity index (χ3n) is 2.05. The molecule has 0 radical (unpaired) electrons. The van der Waals surface area contributed by atoms with Gasteiger partial charge in [-0.1, -0.05) is 0 Å². The average molecular weight is 270 g/mol. The molecule has 0 saturated heterocycles. The highest BCUT2D eigenvalue weighted by atomic mass is 32.1. The van der Waals surface area contributed by atoms with Crippen LogP contribution in [0.25, 0.3) is 0 Å². The Morgan fingerprint density at radius 1 is 1.17 bits per heavy atom. The third-order valence-corrected chi connectivity index (χ3v) is 3.13. The monoisotopic (exact) mass is 270 g/mol. The number of carbonyl (C=O) groups is 3. The molecule has 0 aliphatic heterocycles. The summed E-state index contributed by atoms with van der Waals surface area (Å²) in [5.41, 5.74) is 0. The minimum atomic E-state index is -1.04. The summed E-state index contributed by atoms with van der Waals surface area (Å²) in [6.07, 6.45) is 0.627. The van der Waals surface area contributed by atoms with Gasteiger partial charge >= 0.3 is 5.97 Å². The van der Waals surface area contributed by atoms with E-state index in [0.29, 0.717) is 24.4 Å². The van der Waals surface area contributed by atoms with Crippen molar-refractivity contribution in [1.82, 2.24) is 10.6 Å². The van der Waals surface area contributed by atoms with Gasteiger partial charge in [-0.15, -0.1) is 11.3 Å². The van der Waals surface area contributed by atoms with Crippen LogP contribution in [0.5, 0.6) is 0 Å². The van der Waals surface area contributed by atoms with Gasteiger partial charge < -0.3 is 15.7 Å². The molecule has 6 nitrogen and oxygen atoms in total. The zero-order valence-corrected chi connectivity index (χ0v) is 10.7. The van der Waals surface area contributed by atoms with Gasteiger partial charge in [-0.25, -0.2) is 4.79 Å². The van der Waals surface area contributed by atoms with Crippen LogP contribution in [-0.4, -0.2) is 36.0 Å². The molecule has 1 aromatic rings. The molecule has 98 valence electrons. The van der Waals surface area contributed by atoms with E-state index in [1.165, 1.54) is 19.1 Å². The van der Waals surface area contributed by atoms with Crippen molar-refractivity contribution in [2.24, 2.45) is 0 Å². The van der Waals surface area contributed by atoms with E-state index in [1.807, 2.05) is 0 Å². The zero-order valence-electron chi connectivity index (χ0n) is 9.86.